The fraction of sp³-hybridized carbons (Fsp3) is 0.556. The summed E-state index contributed by atoms with van der Waals surface area (Å²) in [5, 5.41) is 13.0. The first-order valence-corrected chi connectivity index (χ1v) is 3.92. The van der Waals surface area contributed by atoms with E-state index < -0.39 is 5.54 Å². The van der Waals surface area contributed by atoms with Gasteiger partial charge >= 0.3 is 0 Å². The second kappa shape index (κ2) is 2.63. The highest BCUT2D eigenvalue weighted by Gasteiger charge is 2.22. The number of hydrogen-bond acceptors (Lipinski definition) is 2. The fourth-order valence-electron chi connectivity index (χ4n) is 1.10. The van der Waals surface area contributed by atoms with E-state index in [-0.39, 0.29) is 0 Å². The van der Waals surface area contributed by atoms with E-state index in [1.807, 2.05) is 27.7 Å². The normalized spacial score (nSPS) is 11.2. The van der Waals surface area contributed by atoms with Gasteiger partial charge in [-0.2, -0.15) is 10.4 Å². The summed E-state index contributed by atoms with van der Waals surface area (Å²) in [5.41, 5.74) is 1.64. The molecule has 0 saturated carbocycles. The molecule has 0 amide bonds. The molecule has 3 heteroatoms. The van der Waals surface area contributed by atoms with Crippen LogP contribution in [0.4, 0.5) is 0 Å². The lowest BCUT2D eigenvalue weighted by molar-refractivity contribution is 0.409. The van der Waals surface area contributed by atoms with Crippen molar-refractivity contribution in [1.29, 1.82) is 5.26 Å². The van der Waals surface area contributed by atoms with E-state index in [2.05, 4.69) is 11.2 Å². The van der Waals surface area contributed by atoms with Gasteiger partial charge in [0.1, 0.15) is 5.54 Å². The lowest BCUT2D eigenvalue weighted by atomic mass is 10.1. The van der Waals surface area contributed by atoms with Crippen LogP contribution in [0.15, 0.2) is 6.20 Å². The Morgan fingerprint density at radius 2 is 2.08 bits per heavy atom. The van der Waals surface area contributed by atoms with Crippen molar-refractivity contribution in [2.24, 2.45) is 0 Å². The van der Waals surface area contributed by atoms with Crippen molar-refractivity contribution in [1.82, 2.24) is 9.78 Å². The van der Waals surface area contributed by atoms with Crippen molar-refractivity contribution in [2.75, 3.05) is 0 Å². The zero-order valence-corrected chi connectivity index (χ0v) is 7.92. The highest BCUT2D eigenvalue weighted by Crippen LogP contribution is 2.17. The molecule has 1 aromatic rings. The maximum Gasteiger partial charge on any atom is 0.143 e. The Morgan fingerprint density at radius 1 is 1.50 bits per heavy atom. The van der Waals surface area contributed by atoms with Gasteiger partial charge in [-0.1, -0.05) is 0 Å². The molecule has 0 atom stereocenters. The van der Waals surface area contributed by atoms with Gasteiger partial charge in [-0.15, -0.1) is 0 Å². The first kappa shape index (κ1) is 8.79. The van der Waals surface area contributed by atoms with Crippen LogP contribution in [-0.4, -0.2) is 9.78 Å². The van der Waals surface area contributed by atoms with E-state index in [0.717, 1.165) is 11.3 Å². The third-order valence-corrected chi connectivity index (χ3v) is 2.06. The minimum atomic E-state index is -0.543. The second-order valence-corrected chi connectivity index (χ2v) is 3.50. The third-order valence-electron chi connectivity index (χ3n) is 2.06. The molecule has 0 N–H and O–H groups in total. The molecule has 12 heavy (non-hydrogen) atoms. The maximum absolute atomic E-state index is 8.87. The summed E-state index contributed by atoms with van der Waals surface area (Å²) in [4.78, 5) is 0. The lowest BCUT2D eigenvalue weighted by Gasteiger charge is -2.17. The molecule has 0 aliphatic carbocycles. The van der Waals surface area contributed by atoms with Gasteiger partial charge in [-0.05, 0) is 33.3 Å². The molecule has 0 aliphatic heterocycles. The SMILES string of the molecule is Cc1cnn(C(C)(C)C#N)c1C. The molecule has 0 spiro atoms. The molecule has 1 aromatic heterocycles. The molecule has 1 heterocycles. The molecule has 0 radical (unpaired) electrons. The van der Waals surface area contributed by atoms with Crippen molar-refractivity contribution in [3.05, 3.63) is 17.5 Å². The molecule has 0 aromatic carbocycles. The second-order valence-electron chi connectivity index (χ2n) is 3.50. The average Bonchev–Trinajstić information content (AvgIpc) is 2.33. The average molecular weight is 163 g/mol. The molecule has 0 unspecified atom stereocenters. The molecule has 1 rings (SSSR count). The van der Waals surface area contributed by atoms with Crippen LogP contribution in [0.1, 0.15) is 25.1 Å². The van der Waals surface area contributed by atoms with Crippen LogP contribution in [-0.2, 0) is 5.54 Å². The third kappa shape index (κ3) is 1.20. The predicted octanol–water partition coefficient (Wildman–Crippen LogP) is 1.76. The highest BCUT2D eigenvalue weighted by molar-refractivity contribution is 5.17. The van der Waals surface area contributed by atoms with Crippen LogP contribution in [0.3, 0.4) is 0 Å². The lowest BCUT2D eigenvalue weighted by Crippen LogP contribution is -2.26. The summed E-state index contributed by atoms with van der Waals surface area (Å²) in [6.07, 6.45) is 1.79. The quantitative estimate of drug-likeness (QED) is 0.633. The van der Waals surface area contributed by atoms with E-state index >= 15 is 0 Å². The van der Waals surface area contributed by atoms with E-state index in [9.17, 15) is 0 Å². The van der Waals surface area contributed by atoms with E-state index in [1.54, 1.807) is 10.9 Å². The van der Waals surface area contributed by atoms with E-state index in [4.69, 9.17) is 5.26 Å². The van der Waals surface area contributed by atoms with Crippen molar-refractivity contribution >= 4 is 0 Å². The fourth-order valence-corrected chi connectivity index (χ4v) is 1.10. The van der Waals surface area contributed by atoms with Crippen LogP contribution < -0.4 is 0 Å². The number of aromatic nitrogens is 2. The van der Waals surface area contributed by atoms with E-state index in [0.29, 0.717) is 0 Å². The van der Waals surface area contributed by atoms with Crippen LogP contribution in [0, 0.1) is 25.2 Å². The Kier molecular flexibility index (Phi) is 1.93. The van der Waals surface area contributed by atoms with Gasteiger partial charge in [0.2, 0.25) is 0 Å². The molecule has 64 valence electrons. The van der Waals surface area contributed by atoms with Gasteiger partial charge < -0.3 is 0 Å². The summed E-state index contributed by atoms with van der Waals surface area (Å²) in [5.74, 6) is 0. The van der Waals surface area contributed by atoms with Crippen molar-refractivity contribution < 1.29 is 0 Å². The first-order valence-electron chi connectivity index (χ1n) is 3.92. The highest BCUT2D eigenvalue weighted by atomic mass is 15.3. The zero-order chi connectivity index (χ0) is 9.35. The Labute approximate surface area is 72.6 Å². The summed E-state index contributed by atoms with van der Waals surface area (Å²) in [6, 6.07) is 2.21. The van der Waals surface area contributed by atoms with Crippen LogP contribution >= 0.6 is 0 Å². The first-order chi connectivity index (χ1) is 5.49. The monoisotopic (exact) mass is 163 g/mol. The molecule has 3 nitrogen and oxygen atoms in total. The van der Waals surface area contributed by atoms with Crippen molar-refractivity contribution in [2.45, 2.75) is 33.2 Å². The van der Waals surface area contributed by atoms with Crippen molar-refractivity contribution in [3.63, 3.8) is 0 Å². The number of nitriles is 1. The predicted molar refractivity (Wildman–Crippen MR) is 46.6 cm³/mol. The minimum Gasteiger partial charge on any atom is -0.250 e. The standard InChI is InChI=1S/C9H13N3/c1-7-5-11-12(8(7)2)9(3,4)6-10/h5H,1-4H3. The zero-order valence-electron chi connectivity index (χ0n) is 7.92. The van der Waals surface area contributed by atoms with Gasteiger partial charge in [0.15, 0.2) is 0 Å². The molecular formula is C9H13N3. The van der Waals surface area contributed by atoms with Crippen molar-refractivity contribution in [3.8, 4) is 6.07 Å². The number of aryl methyl sites for hydroxylation is 1. The summed E-state index contributed by atoms with van der Waals surface area (Å²) >= 11 is 0. The minimum absolute atomic E-state index is 0.543. The Morgan fingerprint density at radius 3 is 2.42 bits per heavy atom. The topological polar surface area (TPSA) is 41.6 Å². The summed E-state index contributed by atoms with van der Waals surface area (Å²) < 4.78 is 1.75. The van der Waals surface area contributed by atoms with Crippen LogP contribution in [0.5, 0.6) is 0 Å². The summed E-state index contributed by atoms with van der Waals surface area (Å²) in [7, 11) is 0. The van der Waals surface area contributed by atoms with Gasteiger partial charge in [0, 0.05) is 5.69 Å². The Balaban J connectivity index is 3.22. The number of rotatable bonds is 1. The van der Waals surface area contributed by atoms with Gasteiger partial charge in [-0.25, -0.2) is 4.68 Å². The van der Waals surface area contributed by atoms with Gasteiger partial charge in [0.25, 0.3) is 0 Å². The number of hydrogen-bond donors (Lipinski definition) is 0. The van der Waals surface area contributed by atoms with Crippen LogP contribution in [0.25, 0.3) is 0 Å². The molecular weight excluding hydrogens is 150 g/mol. The Bertz CT molecular complexity index is 328. The van der Waals surface area contributed by atoms with Gasteiger partial charge in [-0.3, -0.25) is 0 Å². The van der Waals surface area contributed by atoms with E-state index in [1.165, 1.54) is 0 Å². The molecule has 0 fully saturated rings. The van der Waals surface area contributed by atoms with Crippen LogP contribution in [0.2, 0.25) is 0 Å². The molecule has 0 aliphatic rings. The molecule has 0 bridgehead atoms. The number of nitrogens with zero attached hydrogens (tertiary/aromatic N) is 3. The largest absolute Gasteiger partial charge is 0.250 e. The molecule has 0 saturated heterocycles. The van der Waals surface area contributed by atoms with Gasteiger partial charge in [0.05, 0.1) is 12.3 Å². The Hall–Kier alpha value is -1.30. The summed E-state index contributed by atoms with van der Waals surface area (Å²) in [6.45, 7) is 7.67. The maximum atomic E-state index is 8.87. The smallest absolute Gasteiger partial charge is 0.143 e.